The summed E-state index contributed by atoms with van der Waals surface area (Å²) in [5.41, 5.74) is 0.973. The summed E-state index contributed by atoms with van der Waals surface area (Å²) in [5, 5.41) is 2.46. The van der Waals surface area contributed by atoms with Gasteiger partial charge in [-0.3, -0.25) is 4.79 Å². The zero-order valence-corrected chi connectivity index (χ0v) is 12.6. The number of halogens is 3. The predicted octanol–water partition coefficient (Wildman–Crippen LogP) is 4.25. The number of hydrogen-bond donors (Lipinski definition) is 1. The first-order valence-corrected chi connectivity index (χ1v) is 6.85. The number of carbonyl (C=O) groups is 1. The van der Waals surface area contributed by atoms with Crippen LogP contribution in [0.15, 0.2) is 54.6 Å². The first-order valence-electron chi connectivity index (χ1n) is 6.85. The van der Waals surface area contributed by atoms with Crippen LogP contribution >= 0.6 is 0 Å². The van der Waals surface area contributed by atoms with Crippen LogP contribution in [0.5, 0.6) is 11.5 Å². The molecule has 0 atom stereocenters. The fraction of sp³-hybridized carbons (Fsp3) is 0.118. The Morgan fingerprint density at radius 2 is 1.79 bits per heavy atom. The third kappa shape index (κ3) is 5.68. The molecule has 24 heavy (non-hydrogen) atoms. The molecule has 0 fully saturated rings. The molecule has 0 saturated carbocycles. The van der Waals surface area contributed by atoms with Gasteiger partial charge in [0, 0.05) is 17.8 Å². The average molecular weight is 337 g/mol. The number of amides is 1. The van der Waals surface area contributed by atoms with Crippen molar-refractivity contribution in [3.63, 3.8) is 0 Å². The minimum Gasteiger partial charge on any atom is -0.497 e. The normalized spacial score (nSPS) is 11.3. The molecule has 0 aliphatic rings. The van der Waals surface area contributed by atoms with Gasteiger partial charge in [-0.05, 0) is 35.9 Å². The van der Waals surface area contributed by atoms with Gasteiger partial charge in [0.05, 0.1) is 7.11 Å². The molecule has 1 N–H and O–H groups in total. The molecule has 1 amide bonds. The molecule has 0 spiro atoms. The monoisotopic (exact) mass is 337 g/mol. The van der Waals surface area contributed by atoms with Crippen LogP contribution < -0.4 is 14.8 Å². The predicted molar refractivity (Wildman–Crippen MR) is 83.8 cm³/mol. The van der Waals surface area contributed by atoms with E-state index in [4.69, 9.17) is 4.74 Å². The molecule has 0 heterocycles. The minimum atomic E-state index is -4.78. The Kier molecular flexibility index (Phi) is 5.47. The molecule has 0 bridgehead atoms. The third-order valence-corrected chi connectivity index (χ3v) is 2.88. The topological polar surface area (TPSA) is 47.6 Å². The van der Waals surface area contributed by atoms with Crippen LogP contribution in [0.4, 0.5) is 18.9 Å². The Balaban J connectivity index is 1.98. The summed E-state index contributed by atoms with van der Waals surface area (Å²) in [6.07, 6.45) is -1.93. The highest BCUT2D eigenvalue weighted by atomic mass is 19.4. The Hall–Kier alpha value is -2.96. The third-order valence-electron chi connectivity index (χ3n) is 2.88. The Labute approximate surface area is 136 Å². The first-order chi connectivity index (χ1) is 11.4. The van der Waals surface area contributed by atoms with Crippen LogP contribution in [0.3, 0.4) is 0 Å². The summed E-state index contributed by atoms with van der Waals surface area (Å²) in [6.45, 7) is 0. The van der Waals surface area contributed by atoms with Gasteiger partial charge in [-0.2, -0.15) is 0 Å². The highest BCUT2D eigenvalue weighted by molar-refractivity contribution is 6.02. The van der Waals surface area contributed by atoms with Gasteiger partial charge in [-0.15, -0.1) is 13.2 Å². The quantitative estimate of drug-likeness (QED) is 0.830. The smallest absolute Gasteiger partial charge is 0.497 e. The second-order valence-corrected chi connectivity index (χ2v) is 4.67. The summed E-state index contributed by atoms with van der Waals surface area (Å²) >= 11 is 0. The number of methoxy groups -OCH3 is 1. The van der Waals surface area contributed by atoms with Crippen molar-refractivity contribution in [2.75, 3.05) is 12.4 Å². The van der Waals surface area contributed by atoms with Crippen molar-refractivity contribution in [3.05, 3.63) is 60.2 Å². The number of ether oxygens (including phenoxy) is 2. The summed E-state index contributed by atoms with van der Waals surface area (Å²) < 4.78 is 45.3. The van der Waals surface area contributed by atoms with Gasteiger partial charge in [-0.1, -0.05) is 18.2 Å². The van der Waals surface area contributed by atoms with E-state index < -0.39 is 18.0 Å². The number of anilines is 1. The maximum Gasteiger partial charge on any atom is 0.573 e. The molecule has 0 aliphatic heterocycles. The number of rotatable bonds is 5. The molecule has 0 aromatic heterocycles. The summed E-state index contributed by atoms with van der Waals surface area (Å²) in [6, 6.07) is 12.1. The van der Waals surface area contributed by atoms with Crippen LogP contribution in [0.25, 0.3) is 6.08 Å². The summed E-state index contributed by atoms with van der Waals surface area (Å²) in [5.74, 6) is -0.188. The fourth-order valence-corrected chi connectivity index (χ4v) is 1.84. The number of alkyl halides is 3. The lowest BCUT2D eigenvalue weighted by Crippen LogP contribution is -2.17. The highest BCUT2D eigenvalue weighted by Crippen LogP contribution is 2.25. The second kappa shape index (κ2) is 7.54. The maximum atomic E-state index is 12.2. The molecule has 0 aliphatic carbocycles. The SMILES string of the molecule is COc1ccc(/C=C/C(=O)Nc2cccc(OC(F)(F)F)c2)cc1. The molecule has 0 radical (unpaired) electrons. The van der Waals surface area contributed by atoms with Gasteiger partial charge in [0.2, 0.25) is 5.91 Å². The van der Waals surface area contributed by atoms with Crippen molar-refractivity contribution < 1.29 is 27.4 Å². The lowest BCUT2D eigenvalue weighted by atomic mass is 10.2. The van der Waals surface area contributed by atoms with Crippen molar-refractivity contribution >= 4 is 17.7 Å². The van der Waals surface area contributed by atoms with Crippen molar-refractivity contribution in [2.24, 2.45) is 0 Å². The molecule has 0 unspecified atom stereocenters. The number of hydrogen-bond acceptors (Lipinski definition) is 3. The standard InChI is InChI=1S/C17H14F3NO3/c1-23-14-8-5-12(6-9-14)7-10-16(22)21-13-3-2-4-15(11-13)24-17(18,19)20/h2-11H,1H3,(H,21,22)/b10-7+. The van der Waals surface area contributed by atoms with Crippen LogP contribution in [0.1, 0.15) is 5.56 Å². The van der Waals surface area contributed by atoms with Crippen LogP contribution in [-0.2, 0) is 4.79 Å². The summed E-state index contributed by atoms with van der Waals surface area (Å²) in [7, 11) is 1.55. The molecule has 7 heteroatoms. The van der Waals surface area contributed by atoms with Gasteiger partial charge in [0.1, 0.15) is 11.5 Å². The molecular weight excluding hydrogens is 323 g/mol. The molecular formula is C17H14F3NO3. The van der Waals surface area contributed by atoms with Gasteiger partial charge >= 0.3 is 6.36 Å². The van der Waals surface area contributed by atoms with Gasteiger partial charge in [-0.25, -0.2) is 0 Å². The van der Waals surface area contributed by atoms with E-state index in [1.165, 1.54) is 18.2 Å². The van der Waals surface area contributed by atoms with Gasteiger partial charge in [0.25, 0.3) is 0 Å². The number of benzene rings is 2. The molecule has 2 rings (SSSR count). The lowest BCUT2D eigenvalue weighted by molar-refractivity contribution is -0.274. The molecule has 0 saturated heterocycles. The van der Waals surface area contributed by atoms with E-state index in [-0.39, 0.29) is 5.69 Å². The zero-order valence-electron chi connectivity index (χ0n) is 12.6. The van der Waals surface area contributed by atoms with Crippen LogP contribution in [-0.4, -0.2) is 19.4 Å². The van der Waals surface area contributed by atoms with E-state index in [2.05, 4.69) is 10.1 Å². The van der Waals surface area contributed by atoms with E-state index in [1.807, 2.05) is 0 Å². The number of nitrogens with one attached hydrogen (secondary N) is 1. The molecule has 2 aromatic rings. The average Bonchev–Trinajstić information content (AvgIpc) is 2.52. The largest absolute Gasteiger partial charge is 0.573 e. The Bertz CT molecular complexity index is 725. The van der Waals surface area contributed by atoms with E-state index in [0.29, 0.717) is 5.75 Å². The minimum absolute atomic E-state index is 0.195. The van der Waals surface area contributed by atoms with Crippen LogP contribution in [0.2, 0.25) is 0 Å². The van der Waals surface area contributed by atoms with Crippen molar-refractivity contribution in [1.29, 1.82) is 0 Å². The molecule has 126 valence electrons. The van der Waals surface area contributed by atoms with Crippen LogP contribution in [0, 0.1) is 0 Å². The fourth-order valence-electron chi connectivity index (χ4n) is 1.84. The van der Waals surface area contributed by atoms with Crippen molar-refractivity contribution in [1.82, 2.24) is 0 Å². The Morgan fingerprint density at radius 3 is 2.42 bits per heavy atom. The van der Waals surface area contributed by atoms with Gasteiger partial charge < -0.3 is 14.8 Å². The van der Waals surface area contributed by atoms with Crippen molar-refractivity contribution in [3.8, 4) is 11.5 Å². The van der Waals surface area contributed by atoms with E-state index >= 15 is 0 Å². The first kappa shape index (κ1) is 17.4. The Morgan fingerprint density at radius 1 is 1.08 bits per heavy atom. The molecule has 2 aromatic carbocycles. The molecule has 4 nitrogen and oxygen atoms in total. The zero-order chi connectivity index (χ0) is 17.6. The van der Waals surface area contributed by atoms with E-state index in [9.17, 15) is 18.0 Å². The van der Waals surface area contributed by atoms with Crippen molar-refractivity contribution in [2.45, 2.75) is 6.36 Å². The highest BCUT2D eigenvalue weighted by Gasteiger charge is 2.31. The van der Waals surface area contributed by atoms with Gasteiger partial charge in [0.15, 0.2) is 0 Å². The van der Waals surface area contributed by atoms with E-state index in [1.54, 1.807) is 37.5 Å². The number of carbonyl (C=O) groups excluding carboxylic acids is 1. The second-order valence-electron chi connectivity index (χ2n) is 4.67. The van der Waals surface area contributed by atoms with E-state index in [0.717, 1.165) is 17.7 Å². The summed E-state index contributed by atoms with van der Waals surface area (Å²) in [4.78, 5) is 11.8. The lowest BCUT2D eigenvalue weighted by Gasteiger charge is -2.10. The maximum absolute atomic E-state index is 12.2.